The molecule has 2 rings (SSSR count). The largest absolute Gasteiger partial charge is 0.368 e. The molecule has 3 atom stereocenters. The van der Waals surface area contributed by atoms with Crippen LogP contribution in [-0.4, -0.2) is 25.9 Å². The molecule has 1 heterocycles. The van der Waals surface area contributed by atoms with Crippen molar-refractivity contribution in [1.82, 2.24) is 0 Å². The van der Waals surface area contributed by atoms with Crippen molar-refractivity contribution in [3.63, 3.8) is 0 Å². The third-order valence-corrected chi connectivity index (χ3v) is 3.11. The summed E-state index contributed by atoms with van der Waals surface area (Å²) < 4.78 is 25.8. The molecule has 0 aromatic heterocycles. The fraction of sp³-hybridized carbons (Fsp3) is 1.00. The molecular formula is C5H8O3S. The van der Waals surface area contributed by atoms with Crippen LogP contribution in [0.1, 0.15) is 12.8 Å². The summed E-state index contributed by atoms with van der Waals surface area (Å²) in [7, 11) is -2.22. The summed E-state index contributed by atoms with van der Waals surface area (Å²) in [5, 5.41) is -0.162. The second-order valence-electron chi connectivity index (χ2n) is 2.57. The van der Waals surface area contributed by atoms with Gasteiger partial charge in [-0.2, -0.15) is 0 Å². The van der Waals surface area contributed by atoms with Crippen LogP contribution in [0.4, 0.5) is 0 Å². The van der Waals surface area contributed by atoms with Crippen LogP contribution in [0.5, 0.6) is 0 Å². The summed E-state index contributed by atoms with van der Waals surface area (Å²) in [5.74, 6) is 0. The van der Waals surface area contributed by atoms with Gasteiger partial charge < -0.3 is 4.74 Å². The van der Waals surface area contributed by atoms with Gasteiger partial charge in [0.15, 0.2) is 0 Å². The summed E-state index contributed by atoms with van der Waals surface area (Å²) in [6.07, 6.45) is 2.13. The minimum atomic E-state index is -2.22. The maximum Gasteiger partial charge on any atom is 0.145 e. The summed E-state index contributed by atoms with van der Waals surface area (Å²) in [6, 6.07) is 0. The zero-order chi connectivity index (χ0) is 6.43. The Balaban J connectivity index is 2.14. The number of ether oxygens (including phenoxy) is 1. The fourth-order valence-electron chi connectivity index (χ4n) is 1.45. The molecule has 0 spiro atoms. The van der Waals surface area contributed by atoms with Gasteiger partial charge in [0.05, 0.1) is 11.4 Å². The highest BCUT2D eigenvalue weighted by atomic mass is 32.2. The highest BCUT2D eigenvalue weighted by Gasteiger charge is 2.51. The molecule has 2 aliphatic rings. The minimum absolute atomic E-state index is 0.0751. The van der Waals surface area contributed by atoms with E-state index < -0.39 is 10.7 Å². The molecule has 1 aliphatic carbocycles. The Morgan fingerprint density at radius 1 is 1.33 bits per heavy atom. The second kappa shape index (κ2) is 1.70. The lowest BCUT2D eigenvalue weighted by molar-refractivity contribution is 0.323. The molecule has 4 heteroatoms. The van der Waals surface area contributed by atoms with Crippen LogP contribution in [-0.2, 0) is 15.4 Å². The Morgan fingerprint density at radius 2 is 2.11 bits per heavy atom. The van der Waals surface area contributed by atoms with E-state index in [4.69, 9.17) is 4.74 Å². The number of rotatable bonds is 1. The Hall–Kier alpha value is -0.0900. The van der Waals surface area contributed by atoms with Gasteiger partial charge in [0, 0.05) is 0 Å². The zero-order valence-electron chi connectivity index (χ0n) is 4.82. The predicted molar refractivity (Wildman–Crippen MR) is 32.0 cm³/mol. The molecule has 2 fully saturated rings. The van der Waals surface area contributed by atoms with E-state index in [0.717, 1.165) is 12.8 Å². The van der Waals surface area contributed by atoms with Gasteiger partial charge in [-0.25, -0.2) is 8.42 Å². The van der Waals surface area contributed by atoms with Gasteiger partial charge in [-0.1, -0.05) is 0 Å². The summed E-state index contributed by atoms with van der Waals surface area (Å²) in [6.45, 7) is 0. The predicted octanol–water partition coefficient (Wildman–Crippen LogP) is -0.472. The van der Waals surface area contributed by atoms with Crippen molar-refractivity contribution in [1.29, 1.82) is 0 Å². The minimum Gasteiger partial charge on any atom is -0.368 e. The van der Waals surface area contributed by atoms with Crippen molar-refractivity contribution in [3.05, 3.63) is 0 Å². The third-order valence-electron chi connectivity index (χ3n) is 2.02. The first-order chi connectivity index (χ1) is 4.29. The van der Waals surface area contributed by atoms with Crippen LogP contribution >= 0.6 is 0 Å². The highest BCUT2D eigenvalue weighted by molar-refractivity contribution is 7.73. The molecule has 3 nitrogen and oxygen atoms in total. The van der Waals surface area contributed by atoms with E-state index in [0.29, 0.717) is 6.10 Å². The fourth-order valence-corrected chi connectivity index (χ4v) is 2.31. The Bertz CT molecular complexity index is 190. The average molecular weight is 148 g/mol. The summed E-state index contributed by atoms with van der Waals surface area (Å²) in [4.78, 5) is 0. The zero-order valence-corrected chi connectivity index (χ0v) is 5.71. The van der Waals surface area contributed by atoms with E-state index >= 15 is 0 Å². The monoisotopic (exact) mass is 148 g/mol. The van der Waals surface area contributed by atoms with E-state index in [1.165, 1.54) is 0 Å². The molecule has 0 amide bonds. The molecule has 9 heavy (non-hydrogen) atoms. The lowest BCUT2D eigenvalue weighted by Gasteiger charge is -1.97. The molecule has 0 bridgehead atoms. The molecule has 0 radical (unpaired) electrons. The molecule has 0 N–H and O–H groups in total. The molecule has 52 valence electrons. The molecule has 1 saturated heterocycles. The van der Waals surface area contributed by atoms with Crippen molar-refractivity contribution >= 4 is 10.7 Å². The maximum absolute atomic E-state index is 10.4. The molecule has 3 unspecified atom stereocenters. The number of fused-ring (bicyclic) bond motifs is 1. The van der Waals surface area contributed by atoms with Gasteiger partial charge in [-0.05, 0) is 12.8 Å². The first-order valence-electron chi connectivity index (χ1n) is 3.08. The molecule has 0 aromatic carbocycles. The van der Waals surface area contributed by atoms with E-state index in [1.54, 1.807) is 0 Å². The van der Waals surface area contributed by atoms with E-state index in [-0.39, 0.29) is 11.4 Å². The normalized spacial score (nSPS) is 47.4. The van der Waals surface area contributed by atoms with Gasteiger partial charge in [-0.3, -0.25) is 0 Å². The Labute approximate surface area is 55.0 Å². The highest BCUT2D eigenvalue weighted by Crippen LogP contribution is 2.39. The summed E-state index contributed by atoms with van der Waals surface area (Å²) >= 11 is 0. The topological polar surface area (TPSA) is 46.7 Å². The first-order valence-corrected chi connectivity index (χ1v) is 4.32. The van der Waals surface area contributed by atoms with Crippen molar-refractivity contribution < 1.29 is 13.2 Å². The number of hydrogen-bond donors (Lipinski definition) is 1. The van der Waals surface area contributed by atoms with Crippen LogP contribution in [0.25, 0.3) is 0 Å². The number of epoxide rings is 1. The SMILES string of the molecule is O=[SH](=O)C1CCC2OC21. The average Bonchev–Trinajstić information content (AvgIpc) is 2.43. The van der Waals surface area contributed by atoms with Gasteiger partial charge in [0.25, 0.3) is 0 Å². The lowest BCUT2D eigenvalue weighted by atomic mass is 10.3. The number of thiol groups is 1. The second-order valence-corrected chi connectivity index (χ2v) is 3.80. The maximum atomic E-state index is 10.4. The van der Waals surface area contributed by atoms with Crippen LogP contribution in [0.15, 0.2) is 0 Å². The Kier molecular flexibility index (Phi) is 1.07. The molecule has 1 saturated carbocycles. The van der Waals surface area contributed by atoms with E-state index in [9.17, 15) is 8.42 Å². The smallest absolute Gasteiger partial charge is 0.145 e. The third kappa shape index (κ3) is 0.773. The number of hydrogen-bond acceptors (Lipinski definition) is 3. The van der Waals surface area contributed by atoms with Crippen molar-refractivity contribution in [2.24, 2.45) is 0 Å². The van der Waals surface area contributed by atoms with Crippen molar-refractivity contribution in [2.75, 3.05) is 0 Å². The van der Waals surface area contributed by atoms with E-state index in [2.05, 4.69) is 0 Å². The van der Waals surface area contributed by atoms with Gasteiger partial charge in [0.1, 0.15) is 16.8 Å². The quantitative estimate of drug-likeness (QED) is 0.404. The lowest BCUT2D eigenvalue weighted by Crippen LogP contribution is -2.12. The van der Waals surface area contributed by atoms with Gasteiger partial charge >= 0.3 is 0 Å². The van der Waals surface area contributed by atoms with Crippen LogP contribution in [0, 0.1) is 0 Å². The van der Waals surface area contributed by atoms with Crippen LogP contribution in [0.2, 0.25) is 0 Å². The molecule has 1 aliphatic heterocycles. The van der Waals surface area contributed by atoms with E-state index in [1.807, 2.05) is 0 Å². The van der Waals surface area contributed by atoms with Gasteiger partial charge in [0.2, 0.25) is 0 Å². The standard InChI is InChI=1S/C5H8O3S/c6-9(7)4-2-1-3-5(4)8-3/h3-5,9H,1-2H2. The van der Waals surface area contributed by atoms with Crippen LogP contribution < -0.4 is 0 Å². The molecule has 0 aromatic rings. The van der Waals surface area contributed by atoms with Crippen molar-refractivity contribution in [2.45, 2.75) is 30.3 Å². The Morgan fingerprint density at radius 3 is 2.33 bits per heavy atom. The summed E-state index contributed by atoms with van der Waals surface area (Å²) in [5.41, 5.74) is 0. The molecular weight excluding hydrogens is 140 g/mol. The van der Waals surface area contributed by atoms with Crippen LogP contribution in [0.3, 0.4) is 0 Å². The first kappa shape index (κ1) is 5.68. The van der Waals surface area contributed by atoms with Crippen molar-refractivity contribution in [3.8, 4) is 0 Å². The van der Waals surface area contributed by atoms with Gasteiger partial charge in [-0.15, -0.1) is 0 Å².